The van der Waals surface area contributed by atoms with Gasteiger partial charge in [-0.05, 0) is 37.8 Å². The molecule has 0 aromatic heterocycles. The number of anilines is 1. The molecule has 5 nitrogen and oxygen atoms in total. The van der Waals surface area contributed by atoms with E-state index in [1.54, 1.807) is 4.90 Å². The lowest BCUT2D eigenvalue weighted by molar-refractivity contribution is -0.126. The van der Waals surface area contributed by atoms with Crippen molar-refractivity contribution in [2.24, 2.45) is 11.8 Å². The Morgan fingerprint density at radius 3 is 2.69 bits per heavy atom. The van der Waals surface area contributed by atoms with E-state index in [9.17, 15) is 9.59 Å². The van der Waals surface area contributed by atoms with Crippen LogP contribution in [-0.2, 0) is 14.3 Å². The highest BCUT2D eigenvalue weighted by atomic mass is 16.5. The van der Waals surface area contributed by atoms with Gasteiger partial charge in [-0.25, -0.2) is 0 Å². The molecule has 3 rings (SSSR count). The van der Waals surface area contributed by atoms with Crippen molar-refractivity contribution < 1.29 is 14.3 Å². The molecule has 5 heteroatoms. The molecule has 2 fully saturated rings. The number of aryl methyl sites for hydroxylation is 1. The van der Waals surface area contributed by atoms with Gasteiger partial charge in [-0.15, -0.1) is 0 Å². The Kier molecular flexibility index (Phi) is 6.30. The molecule has 142 valence electrons. The fraction of sp³-hybridized carbons (Fsp3) is 0.619. The van der Waals surface area contributed by atoms with Crippen molar-refractivity contribution >= 4 is 17.5 Å². The monoisotopic (exact) mass is 358 g/mol. The van der Waals surface area contributed by atoms with Crippen molar-refractivity contribution in [3.05, 3.63) is 29.8 Å². The first-order valence-corrected chi connectivity index (χ1v) is 9.81. The second-order valence-corrected chi connectivity index (χ2v) is 7.70. The summed E-state index contributed by atoms with van der Waals surface area (Å²) in [6.07, 6.45) is 5.49. The molecule has 3 unspecified atom stereocenters. The zero-order valence-corrected chi connectivity index (χ0v) is 15.9. The van der Waals surface area contributed by atoms with E-state index >= 15 is 0 Å². The molecule has 3 atom stereocenters. The van der Waals surface area contributed by atoms with Gasteiger partial charge in [0.05, 0.1) is 18.6 Å². The van der Waals surface area contributed by atoms with E-state index in [1.807, 2.05) is 31.2 Å². The Bertz CT molecular complexity index is 629. The Morgan fingerprint density at radius 1 is 1.23 bits per heavy atom. The molecule has 1 N–H and O–H groups in total. The topological polar surface area (TPSA) is 58.6 Å². The third-order valence-electron chi connectivity index (χ3n) is 5.61. The van der Waals surface area contributed by atoms with E-state index in [0.717, 1.165) is 17.7 Å². The molecule has 26 heavy (non-hydrogen) atoms. The molecular formula is C21H30N2O3. The first-order chi connectivity index (χ1) is 12.5. The molecule has 2 aliphatic rings. The predicted octanol–water partition coefficient (Wildman–Crippen LogP) is 3.06. The lowest BCUT2D eigenvalue weighted by atomic mass is 9.88. The van der Waals surface area contributed by atoms with Crippen molar-refractivity contribution in [1.82, 2.24) is 5.32 Å². The third-order valence-corrected chi connectivity index (χ3v) is 5.61. The summed E-state index contributed by atoms with van der Waals surface area (Å²) >= 11 is 0. The molecule has 1 aliphatic carbocycles. The number of carbonyl (C=O) groups excluding carboxylic acids is 2. The fourth-order valence-corrected chi connectivity index (χ4v) is 3.92. The van der Waals surface area contributed by atoms with Crippen LogP contribution in [0.3, 0.4) is 0 Å². The van der Waals surface area contributed by atoms with Crippen LogP contribution < -0.4 is 10.2 Å². The van der Waals surface area contributed by atoms with E-state index in [1.165, 1.54) is 19.3 Å². The van der Waals surface area contributed by atoms with E-state index < -0.39 is 0 Å². The molecule has 1 aromatic rings. The molecule has 1 saturated heterocycles. The first kappa shape index (κ1) is 18.9. The number of rotatable bonds is 6. The van der Waals surface area contributed by atoms with Gasteiger partial charge in [-0.3, -0.25) is 9.59 Å². The maximum atomic E-state index is 12.4. The van der Waals surface area contributed by atoms with Crippen LogP contribution >= 0.6 is 0 Å². The summed E-state index contributed by atoms with van der Waals surface area (Å²) in [5.41, 5.74) is 2.02. The van der Waals surface area contributed by atoms with Crippen LogP contribution in [0.5, 0.6) is 0 Å². The highest BCUT2D eigenvalue weighted by molar-refractivity contribution is 6.00. The van der Waals surface area contributed by atoms with Gasteiger partial charge in [0, 0.05) is 25.2 Å². The normalized spacial score (nSPS) is 26.2. The number of nitrogens with zero attached hydrogens (tertiary/aromatic N) is 1. The maximum Gasteiger partial charge on any atom is 0.227 e. The number of hydrogen-bond donors (Lipinski definition) is 1. The number of amides is 2. The molecule has 1 saturated carbocycles. The number of nitrogens with one attached hydrogen (secondary N) is 1. The Balaban J connectivity index is 1.42. The van der Waals surface area contributed by atoms with E-state index in [-0.39, 0.29) is 24.2 Å². The largest absolute Gasteiger partial charge is 0.376 e. The van der Waals surface area contributed by atoms with Crippen LogP contribution in [0.1, 0.15) is 44.6 Å². The van der Waals surface area contributed by atoms with Crippen LogP contribution in [0.2, 0.25) is 0 Å². The zero-order chi connectivity index (χ0) is 18.5. The van der Waals surface area contributed by atoms with Crippen molar-refractivity contribution in [2.45, 2.75) is 52.1 Å². The summed E-state index contributed by atoms with van der Waals surface area (Å²) in [6, 6.07) is 7.85. The smallest absolute Gasteiger partial charge is 0.227 e. The molecule has 0 radical (unpaired) electrons. The standard InChI is InChI=1S/C21H30N2O3/c1-15-7-9-18(10-8-15)23-14-17(13-20(23)24)21(25)22-11-12-26-19-6-4-3-5-16(19)2/h7-10,16-17,19H,3-6,11-14H2,1-2H3,(H,22,25). The SMILES string of the molecule is Cc1ccc(N2CC(C(=O)NCCOC3CCCCC3C)CC2=O)cc1. The number of hydrogen-bond acceptors (Lipinski definition) is 3. The predicted molar refractivity (Wildman–Crippen MR) is 102 cm³/mol. The summed E-state index contributed by atoms with van der Waals surface area (Å²) in [6.45, 7) is 5.77. The second kappa shape index (κ2) is 8.67. The van der Waals surface area contributed by atoms with E-state index in [0.29, 0.717) is 31.7 Å². The number of carbonyl (C=O) groups is 2. The molecule has 0 spiro atoms. The van der Waals surface area contributed by atoms with Gasteiger partial charge in [-0.2, -0.15) is 0 Å². The maximum absolute atomic E-state index is 12.4. The quantitative estimate of drug-likeness (QED) is 0.795. The van der Waals surface area contributed by atoms with Crippen LogP contribution in [0.15, 0.2) is 24.3 Å². The van der Waals surface area contributed by atoms with Crippen LogP contribution in [0.4, 0.5) is 5.69 Å². The van der Waals surface area contributed by atoms with E-state index in [2.05, 4.69) is 12.2 Å². The van der Waals surface area contributed by atoms with Gasteiger partial charge in [0.2, 0.25) is 11.8 Å². The van der Waals surface area contributed by atoms with E-state index in [4.69, 9.17) is 4.74 Å². The highest BCUT2D eigenvalue weighted by Crippen LogP contribution is 2.27. The Hall–Kier alpha value is -1.88. The minimum absolute atomic E-state index is 0.0151. The van der Waals surface area contributed by atoms with Gasteiger partial charge in [0.25, 0.3) is 0 Å². The zero-order valence-electron chi connectivity index (χ0n) is 15.9. The van der Waals surface area contributed by atoms with Crippen molar-refractivity contribution in [3.8, 4) is 0 Å². The average molecular weight is 358 g/mol. The van der Waals surface area contributed by atoms with Gasteiger partial charge >= 0.3 is 0 Å². The minimum atomic E-state index is -0.280. The summed E-state index contributed by atoms with van der Waals surface area (Å²) in [4.78, 5) is 26.4. The summed E-state index contributed by atoms with van der Waals surface area (Å²) in [5.74, 6) is 0.293. The number of benzene rings is 1. The average Bonchev–Trinajstić information content (AvgIpc) is 3.02. The van der Waals surface area contributed by atoms with Crippen molar-refractivity contribution in [1.29, 1.82) is 0 Å². The highest BCUT2D eigenvalue weighted by Gasteiger charge is 2.35. The van der Waals surface area contributed by atoms with Gasteiger partial charge in [0.15, 0.2) is 0 Å². The van der Waals surface area contributed by atoms with Crippen molar-refractivity contribution in [2.75, 3.05) is 24.6 Å². The third kappa shape index (κ3) is 4.64. The summed E-state index contributed by atoms with van der Waals surface area (Å²) < 4.78 is 5.94. The Labute approximate surface area is 156 Å². The lowest BCUT2D eigenvalue weighted by Gasteiger charge is -2.28. The lowest BCUT2D eigenvalue weighted by Crippen LogP contribution is -2.36. The van der Waals surface area contributed by atoms with Crippen molar-refractivity contribution in [3.63, 3.8) is 0 Å². The van der Waals surface area contributed by atoms with Crippen LogP contribution in [-0.4, -0.2) is 37.6 Å². The molecule has 1 heterocycles. The fourth-order valence-electron chi connectivity index (χ4n) is 3.92. The first-order valence-electron chi connectivity index (χ1n) is 9.81. The number of ether oxygens (including phenoxy) is 1. The minimum Gasteiger partial charge on any atom is -0.376 e. The molecular weight excluding hydrogens is 328 g/mol. The molecule has 1 aliphatic heterocycles. The molecule has 2 amide bonds. The van der Waals surface area contributed by atoms with Crippen LogP contribution in [0, 0.1) is 18.8 Å². The molecule has 1 aromatic carbocycles. The summed E-state index contributed by atoms with van der Waals surface area (Å²) in [5, 5.41) is 2.94. The molecule has 0 bridgehead atoms. The van der Waals surface area contributed by atoms with Gasteiger partial charge < -0.3 is 15.0 Å². The van der Waals surface area contributed by atoms with Crippen LogP contribution in [0.25, 0.3) is 0 Å². The summed E-state index contributed by atoms with van der Waals surface area (Å²) in [7, 11) is 0. The second-order valence-electron chi connectivity index (χ2n) is 7.70. The van der Waals surface area contributed by atoms with Gasteiger partial charge in [-0.1, -0.05) is 37.5 Å². The Morgan fingerprint density at radius 2 is 1.96 bits per heavy atom. The van der Waals surface area contributed by atoms with Gasteiger partial charge in [0.1, 0.15) is 0 Å².